The topological polar surface area (TPSA) is 171 Å². The van der Waals surface area contributed by atoms with Crippen molar-refractivity contribution in [2.75, 3.05) is 63.4 Å². The summed E-state index contributed by atoms with van der Waals surface area (Å²) in [5, 5.41) is 19.5. The molecule has 2 amide bonds. The number of hydrogen-bond donors (Lipinski definition) is 3. The zero-order valence-corrected chi connectivity index (χ0v) is 34.2. The minimum Gasteiger partial charge on any atom is -0.377 e. The SMILES string of the molecule is Cc1sc2c(c1C)C(c1ccc(Cl)cc1)=N[C@@H](CC(=O)NCCOCCOCCOCCNc1ccc(C(=O)Nc3ccc4c(c3)CC(=O)C4)cn1)c1nnc(C)n1-2. The molecular formula is C42H45ClN8O6S. The summed E-state index contributed by atoms with van der Waals surface area (Å²) >= 11 is 7.88. The van der Waals surface area contributed by atoms with E-state index < -0.39 is 6.04 Å². The molecule has 0 radical (unpaired) electrons. The van der Waals surface area contributed by atoms with Crippen LogP contribution < -0.4 is 16.0 Å². The fraction of sp³-hybridized carbons (Fsp3) is 0.357. The molecule has 0 bridgehead atoms. The molecule has 3 aromatic heterocycles. The Bertz CT molecular complexity index is 2310. The first-order chi connectivity index (χ1) is 28.1. The highest BCUT2D eigenvalue weighted by Crippen LogP contribution is 2.39. The maximum Gasteiger partial charge on any atom is 0.257 e. The molecule has 14 nitrogen and oxygen atoms in total. The zero-order valence-electron chi connectivity index (χ0n) is 32.6. The third-order valence-electron chi connectivity index (χ3n) is 9.87. The van der Waals surface area contributed by atoms with Crippen molar-refractivity contribution in [3.63, 3.8) is 0 Å². The fourth-order valence-electron chi connectivity index (χ4n) is 6.80. The van der Waals surface area contributed by atoms with Crippen LogP contribution in [-0.2, 0) is 36.6 Å². The lowest BCUT2D eigenvalue weighted by molar-refractivity contribution is -0.121. The van der Waals surface area contributed by atoms with Crippen molar-refractivity contribution in [2.24, 2.45) is 4.99 Å². The molecule has 3 N–H and O–H groups in total. The number of aryl methyl sites for hydroxylation is 2. The van der Waals surface area contributed by atoms with Gasteiger partial charge in [0.1, 0.15) is 28.5 Å². The number of halogens is 1. The van der Waals surface area contributed by atoms with Gasteiger partial charge in [0.2, 0.25) is 5.91 Å². The number of nitrogens with zero attached hydrogens (tertiary/aromatic N) is 5. The monoisotopic (exact) mass is 824 g/mol. The second kappa shape index (κ2) is 19.0. The van der Waals surface area contributed by atoms with Gasteiger partial charge in [-0.25, -0.2) is 4.98 Å². The third-order valence-corrected chi connectivity index (χ3v) is 11.3. The summed E-state index contributed by atoms with van der Waals surface area (Å²) in [4.78, 5) is 48.2. The number of carbonyl (C=O) groups is 3. The van der Waals surface area contributed by atoms with Crippen LogP contribution in [0.25, 0.3) is 5.00 Å². The van der Waals surface area contributed by atoms with Crippen molar-refractivity contribution in [1.82, 2.24) is 25.1 Å². The number of ketones is 1. The quantitative estimate of drug-likeness (QED) is 0.0921. The molecule has 58 heavy (non-hydrogen) atoms. The molecule has 1 aliphatic carbocycles. The third kappa shape index (κ3) is 9.85. The van der Waals surface area contributed by atoms with Crippen LogP contribution in [0.1, 0.15) is 67.2 Å². The number of benzene rings is 2. The number of Topliss-reactive ketones (excluding diaryl/α,β-unsaturated/α-hetero) is 1. The molecule has 302 valence electrons. The lowest BCUT2D eigenvalue weighted by atomic mass is 9.99. The minimum atomic E-state index is -0.543. The van der Waals surface area contributed by atoms with E-state index in [0.717, 1.165) is 44.4 Å². The lowest BCUT2D eigenvalue weighted by Crippen LogP contribution is -2.29. The van der Waals surface area contributed by atoms with E-state index in [0.29, 0.717) is 93.5 Å². The summed E-state index contributed by atoms with van der Waals surface area (Å²) in [5.41, 5.74) is 6.95. The first-order valence-corrected chi connectivity index (χ1v) is 20.3. The van der Waals surface area contributed by atoms with E-state index >= 15 is 0 Å². The van der Waals surface area contributed by atoms with E-state index in [1.165, 1.54) is 11.1 Å². The largest absolute Gasteiger partial charge is 0.377 e. The Morgan fingerprint density at radius 1 is 0.879 bits per heavy atom. The number of pyridine rings is 1. The molecule has 2 aliphatic rings. The van der Waals surface area contributed by atoms with Gasteiger partial charge in [0.25, 0.3) is 5.91 Å². The second-order valence-electron chi connectivity index (χ2n) is 14.0. The van der Waals surface area contributed by atoms with Crippen LogP contribution in [0, 0.1) is 20.8 Å². The van der Waals surface area contributed by atoms with E-state index in [2.05, 4.69) is 45.0 Å². The Hall–Kier alpha value is -5.32. The van der Waals surface area contributed by atoms with Gasteiger partial charge in [-0.15, -0.1) is 21.5 Å². The second-order valence-corrected chi connectivity index (χ2v) is 15.6. The fourth-order valence-corrected chi connectivity index (χ4v) is 8.14. The Kier molecular flexibility index (Phi) is 13.4. The normalized spacial score (nSPS) is 14.3. The first kappa shape index (κ1) is 40.9. The zero-order chi connectivity index (χ0) is 40.6. The highest BCUT2D eigenvalue weighted by atomic mass is 35.5. The summed E-state index contributed by atoms with van der Waals surface area (Å²) in [6.07, 6.45) is 2.49. The Balaban J connectivity index is 0.760. The van der Waals surface area contributed by atoms with Crippen LogP contribution in [0.5, 0.6) is 0 Å². The van der Waals surface area contributed by atoms with Gasteiger partial charge in [0, 0.05) is 58.8 Å². The smallest absolute Gasteiger partial charge is 0.257 e. The maximum absolute atomic E-state index is 13.2. The van der Waals surface area contributed by atoms with Crippen molar-refractivity contribution in [2.45, 2.75) is 46.1 Å². The molecule has 2 aromatic carbocycles. The van der Waals surface area contributed by atoms with Gasteiger partial charge in [-0.05, 0) is 73.9 Å². The number of aliphatic imine (C=N–C) groups is 1. The van der Waals surface area contributed by atoms with Crippen molar-refractivity contribution in [3.05, 3.63) is 116 Å². The van der Waals surface area contributed by atoms with Gasteiger partial charge in [0.05, 0.1) is 57.3 Å². The number of carbonyl (C=O) groups excluding carboxylic acids is 3. The van der Waals surface area contributed by atoms with Crippen LogP contribution in [0.3, 0.4) is 0 Å². The number of nitrogens with one attached hydrogen (secondary N) is 3. The molecule has 1 aliphatic heterocycles. The number of fused-ring (bicyclic) bond motifs is 4. The summed E-state index contributed by atoms with van der Waals surface area (Å²) in [6, 6.07) is 16.1. The predicted octanol–water partition coefficient (Wildman–Crippen LogP) is 5.78. The lowest BCUT2D eigenvalue weighted by Gasteiger charge is -2.13. The predicted molar refractivity (Wildman–Crippen MR) is 223 cm³/mol. The van der Waals surface area contributed by atoms with Crippen molar-refractivity contribution >= 4 is 57.8 Å². The number of aromatic nitrogens is 4. The van der Waals surface area contributed by atoms with Gasteiger partial charge in [-0.2, -0.15) is 0 Å². The molecule has 16 heteroatoms. The number of amides is 2. The Morgan fingerprint density at radius 2 is 1.60 bits per heavy atom. The summed E-state index contributed by atoms with van der Waals surface area (Å²) in [7, 11) is 0. The molecular weight excluding hydrogens is 780 g/mol. The van der Waals surface area contributed by atoms with E-state index in [-0.39, 0.29) is 24.0 Å². The molecule has 1 atom stereocenters. The average molecular weight is 825 g/mol. The molecule has 4 heterocycles. The van der Waals surface area contributed by atoms with Crippen molar-refractivity contribution in [3.8, 4) is 5.00 Å². The first-order valence-electron chi connectivity index (χ1n) is 19.2. The molecule has 7 rings (SSSR count). The number of ether oxygens (including phenoxy) is 3. The summed E-state index contributed by atoms with van der Waals surface area (Å²) in [5.74, 6) is 1.76. The van der Waals surface area contributed by atoms with E-state index in [9.17, 15) is 14.4 Å². The van der Waals surface area contributed by atoms with Gasteiger partial charge in [0.15, 0.2) is 5.82 Å². The summed E-state index contributed by atoms with van der Waals surface area (Å²) in [6.45, 7) is 9.38. The van der Waals surface area contributed by atoms with Gasteiger partial charge in [-0.3, -0.25) is 23.9 Å². The number of hydrogen-bond acceptors (Lipinski definition) is 12. The Labute approximate surface area is 345 Å². The average Bonchev–Trinajstić information content (AvgIpc) is 3.85. The van der Waals surface area contributed by atoms with Crippen LogP contribution in [0.4, 0.5) is 11.5 Å². The maximum atomic E-state index is 13.2. The van der Waals surface area contributed by atoms with Crippen molar-refractivity contribution in [1.29, 1.82) is 0 Å². The number of anilines is 2. The standard InChI is InChI=1S/C42H45ClN8O6S/c1-25-26(2)58-42-38(25)39(28-4-8-32(43)9-5-28)48-35(40-50-49-27(3)51(40)42)23-37(53)45-13-15-56-17-19-57-18-16-55-14-12-44-36-11-7-30(24-46-36)41(54)47-33-10-6-29-21-34(52)22-31(29)20-33/h4-11,20,24,35H,12-19,21-23H2,1-3H3,(H,44,46)(H,45,53)(H,47,54)/t35-/m0/s1. The Morgan fingerprint density at radius 3 is 2.34 bits per heavy atom. The van der Waals surface area contributed by atoms with E-state index in [4.69, 9.17) is 30.8 Å². The molecule has 0 saturated carbocycles. The van der Waals surface area contributed by atoms with Crippen LogP contribution >= 0.6 is 22.9 Å². The van der Waals surface area contributed by atoms with E-state index in [1.54, 1.807) is 23.5 Å². The molecule has 0 fully saturated rings. The molecule has 0 saturated heterocycles. The van der Waals surface area contributed by atoms with Crippen LogP contribution in [0.2, 0.25) is 5.02 Å². The number of thiophene rings is 1. The summed E-state index contributed by atoms with van der Waals surface area (Å²) < 4.78 is 18.9. The van der Waals surface area contributed by atoms with Gasteiger partial charge < -0.3 is 30.2 Å². The van der Waals surface area contributed by atoms with E-state index in [1.807, 2.05) is 54.0 Å². The molecule has 0 unspecified atom stereocenters. The number of rotatable bonds is 18. The van der Waals surface area contributed by atoms with Crippen molar-refractivity contribution < 1.29 is 28.6 Å². The highest BCUT2D eigenvalue weighted by Gasteiger charge is 2.32. The van der Waals surface area contributed by atoms with Crippen LogP contribution in [0.15, 0.2) is 65.8 Å². The minimum absolute atomic E-state index is 0.102. The highest BCUT2D eigenvalue weighted by molar-refractivity contribution is 7.15. The van der Waals surface area contributed by atoms with Gasteiger partial charge >= 0.3 is 0 Å². The molecule has 5 aromatic rings. The molecule has 0 spiro atoms. The van der Waals surface area contributed by atoms with Gasteiger partial charge in [-0.1, -0.05) is 29.8 Å². The van der Waals surface area contributed by atoms with Crippen LogP contribution in [-0.4, -0.2) is 95.8 Å².